The fourth-order valence-electron chi connectivity index (χ4n) is 9.70. The van der Waals surface area contributed by atoms with E-state index in [0.717, 1.165) is 67.1 Å². The Bertz CT molecular complexity index is 797. The van der Waals surface area contributed by atoms with E-state index in [1.54, 1.807) is 5.57 Å². The van der Waals surface area contributed by atoms with Crippen molar-refractivity contribution in [3.63, 3.8) is 0 Å². The number of carbonyl (C=O) groups excluding carboxylic acids is 1. The zero-order chi connectivity index (χ0) is 26.8. The number of esters is 1. The topological polar surface area (TPSA) is 26.3 Å². The fourth-order valence-corrected chi connectivity index (χ4v) is 9.70. The van der Waals surface area contributed by atoms with Crippen molar-refractivity contribution in [1.29, 1.82) is 0 Å². The molecular formula is C35H60O2. The summed E-state index contributed by atoms with van der Waals surface area (Å²) in [6, 6.07) is 0. The van der Waals surface area contributed by atoms with Gasteiger partial charge in [0.1, 0.15) is 6.10 Å². The molecule has 0 aromatic carbocycles. The van der Waals surface area contributed by atoms with Crippen LogP contribution in [-0.2, 0) is 9.53 Å². The van der Waals surface area contributed by atoms with Gasteiger partial charge in [0.15, 0.2) is 0 Å². The van der Waals surface area contributed by atoms with Gasteiger partial charge in [0.25, 0.3) is 0 Å². The summed E-state index contributed by atoms with van der Waals surface area (Å²) < 4.78 is 6.00. The van der Waals surface area contributed by atoms with Gasteiger partial charge in [0, 0.05) is 12.8 Å². The summed E-state index contributed by atoms with van der Waals surface area (Å²) in [4.78, 5) is 12.5. The first-order valence-electron chi connectivity index (χ1n) is 16.5. The maximum Gasteiger partial charge on any atom is 0.306 e. The van der Waals surface area contributed by atoms with Crippen LogP contribution in [0.25, 0.3) is 0 Å². The van der Waals surface area contributed by atoms with Crippen molar-refractivity contribution in [1.82, 2.24) is 0 Å². The molecule has 4 aliphatic carbocycles. The van der Waals surface area contributed by atoms with E-state index in [1.807, 2.05) is 0 Å². The van der Waals surface area contributed by atoms with Gasteiger partial charge >= 0.3 is 5.97 Å². The van der Waals surface area contributed by atoms with Crippen molar-refractivity contribution >= 4 is 5.97 Å². The number of rotatable bonds is 11. The monoisotopic (exact) mass is 512 g/mol. The second-order valence-corrected chi connectivity index (χ2v) is 14.9. The lowest BCUT2D eigenvalue weighted by atomic mass is 9.47. The average molecular weight is 513 g/mol. The number of hydrogen-bond donors (Lipinski definition) is 0. The standard InChI is InChI=1S/C35H60O2/c1-8-9-10-11-12-33(36)37-28-19-21-34(6)27(23-28)15-16-29-31-18-17-30(35(31,7)22-20-32(29)34)26(5)14-13-25(4)24(2)3/h15,24-26,28-32H,8-14,16-23H2,1-7H3/t25-,26-,28+,29+,30-,31+,32+,34+,35-/m1/s1. The molecule has 0 N–H and O–H groups in total. The number of carbonyl (C=O) groups is 1. The van der Waals surface area contributed by atoms with E-state index in [-0.39, 0.29) is 12.1 Å². The minimum absolute atomic E-state index is 0.0429. The lowest BCUT2D eigenvalue weighted by molar-refractivity contribution is -0.151. The van der Waals surface area contributed by atoms with E-state index in [4.69, 9.17) is 4.74 Å². The summed E-state index contributed by atoms with van der Waals surface area (Å²) in [5.74, 6) is 6.11. The molecule has 2 heteroatoms. The minimum Gasteiger partial charge on any atom is -0.462 e. The maximum absolute atomic E-state index is 12.5. The Morgan fingerprint density at radius 2 is 1.76 bits per heavy atom. The zero-order valence-electron chi connectivity index (χ0n) is 25.6. The first kappa shape index (κ1) is 29.2. The summed E-state index contributed by atoms with van der Waals surface area (Å²) in [6.45, 7) is 17.3. The molecular weight excluding hydrogens is 452 g/mol. The first-order valence-corrected chi connectivity index (χ1v) is 16.5. The molecule has 0 aliphatic heterocycles. The lowest BCUT2D eigenvalue weighted by Gasteiger charge is -2.58. The molecule has 3 fully saturated rings. The van der Waals surface area contributed by atoms with Gasteiger partial charge in [0.2, 0.25) is 0 Å². The number of hydrogen-bond acceptors (Lipinski definition) is 2. The Morgan fingerprint density at radius 3 is 2.49 bits per heavy atom. The van der Waals surface area contributed by atoms with Crippen molar-refractivity contribution in [2.75, 3.05) is 0 Å². The first-order chi connectivity index (χ1) is 17.6. The normalized spacial score (nSPS) is 38.8. The van der Waals surface area contributed by atoms with Crippen molar-refractivity contribution in [2.24, 2.45) is 52.3 Å². The Hall–Kier alpha value is -0.790. The molecule has 0 aromatic heterocycles. The van der Waals surface area contributed by atoms with Gasteiger partial charge in [-0.05, 0) is 104 Å². The highest BCUT2D eigenvalue weighted by atomic mass is 16.5. The van der Waals surface area contributed by atoms with E-state index >= 15 is 0 Å². The summed E-state index contributed by atoms with van der Waals surface area (Å²) >= 11 is 0. The van der Waals surface area contributed by atoms with Gasteiger partial charge in [-0.25, -0.2) is 0 Å². The molecule has 37 heavy (non-hydrogen) atoms. The third-order valence-corrected chi connectivity index (χ3v) is 12.6. The average Bonchev–Trinajstić information content (AvgIpc) is 3.22. The number of ether oxygens (including phenoxy) is 1. The molecule has 212 valence electrons. The summed E-state index contributed by atoms with van der Waals surface area (Å²) in [5, 5.41) is 0. The molecule has 0 bridgehead atoms. The lowest BCUT2D eigenvalue weighted by Crippen LogP contribution is -2.51. The molecule has 9 atom stereocenters. The van der Waals surface area contributed by atoms with Crippen LogP contribution < -0.4 is 0 Å². The van der Waals surface area contributed by atoms with Gasteiger partial charge in [-0.2, -0.15) is 0 Å². The van der Waals surface area contributed by atoms with Crippen LogP contribution in [0.5, 0.6) is 0 Å². The largest absolute Gasteiger partial charge is 0.462 e. The zero-order valence-corrected chi connectivity index (χ0v) is 25.6. The highest BCUT2D eigenvalue weighted by Crippen LogP contribution is 2.67. The van der Waals surface area contributed by atoms with Crippen LogP contribution >= 0.6 is 0 Å². The van der Waals surface area contributed by atoms with Crippen molar-refractivity contribution in [3.8, 4) is 0 Å². The quantitative estimate of drug-likeness (QED) is 0.156. The van der Waals surface area contributed by atoms with Gasteiger partial charge in [-0.15, -0.1) is 0 Å². The Morgan fingerprint density at radius 1 is 0.973 bits per heavy atom. The third kappa shape index (κ3) is 6.04. The summed E-state index contributed by atoms with van der Waals surface area (Å²) in [5.41, 5.74) is 2.52. The predicted octanol–water partition coefficient (Wildman–Crippen LogP) is 10.2. The second kappa shape index (κ2) is 12.2. The van der Waals surface area contributed by atoms with Gasteiger partial charge in [-0.3, -0.25) is 4.79 Å². The van der Waals surface area contributed by atoms with E-state index in [1.165, 1.54) is 64.2 Å². The molecule has 4 rings (SSSR count). The molecule has 4 aliphatic rings. The SMILES string of the molecule is CCCCCCC(=O)O[C@H]1CC[C@@]2(C)C(=CC[C@H]3[C@@H]4CC[C@H]([C@H](C)CC[C@@H](C)C(C)C)[C@@]4(C)CC[C@@H]32)C1. The van der Waals surface area contributed by atoms with Crippen LogP contribution in [0.2, 0.25) is 0 Å². The molecule has 0 radical (unpaired) electrons. The number of unbranched alkanes of at least 4 members (excludes halogenated alkanes) is 3. The smallest absolute Gasteiger partial charge is 0.306 e. The third-order valence-electron chi connectivity index (χ3n) is 12.6. The second-order valence-electron chi connectivity index (χ2n) is 14.9. The van der Waals surface area contributed by atoms with E-state index in [9.17, 15) is 4.79 Å². The molecule has 0 aromatic rings. The Labute approximate surface area is 230 Å². The van der Waals surface area contributed by atoms with Crippen LogP contribution in [0.3, 0.4) is 0 Å². The molecule has 0 amide bonds. The van der Waals surface area contributed by atoms with Crippen molar-refractivity contribution in [2.45, 2.75) is 151 Å². The van der Waals surface area contributed by atoms with E-state index < -0.39 is 0 Å². The Kier molecular flexibility index (Phi) is 9.60. The van der Waals surface area contributed by atoms with Crippen molar-refractivity contribution in [3.05, 3.63) is 11.6 Å². The maximum atomic E-state index is 12.5. The molecule has 0 spiro atoms. The van der Waals surface area contributed by atoms with Crippen LogP contribution in [0, 0.1) is 52.3 Å². The van der Waals surface area contributed by atoms with Gasteiger partial charge in [0.05, 0.1) is 0 Å². The van der Waals surface area contributed by atoms with Gasteiger partial charge in [-0.1, -0.05) is 92.2 Å². The fraction of sp³-hybridized carbons (Fsp3) is 0.914. The molecule has 3 saturated carbocycles. The summed E-state index contributed by atoms with van der Waals surface area (Å²) in [7, 11) is 0. The van der Waals surface area contributed by atoms with Gasteiger partial charge < -0.3 is 4.74 Å². The predicted molar refractivity (Wildman–Crippen MR) is 156 cm³/mol. The van der Waals surface area contributed by atoms with E-state index in [2.05, 4.69) is 54.5 Å². The minimum atomic E-state index is 0.0429. The molecule has 0 unspecified atom stereocenters. The van der Waals surface area contributed by atoms with E-state index in [0.29, 0.717) is 17.3 Å². The molecule has 0 saturated heterocycles. The number of fused-ring (bicyclic) bond motifs is 5. The molecule has 2 nitrogen and oxygen atoms in total. The number of allylic oxidation sites excluding steroid dienone is 1. The van der Waals surface area contributed by atoms with Crippen LogP contribution in [-0.4, -0.2) is 12.1 Å². The van der Waals surface area contributed by atoms with Crippen LogP contribution in [0.1, 0.15) is 145 Å². The summed E-state index contributed by atoms with van der Waals surface area (Å²) in [6.07, 6.45) is 21.1. The van der Waals surface area contributed by atoms with Crippen LogP contribution in [0.15, 0.2) is 11.6 Å². The molecule has 0 heterocycles. The highest BCUT2D eigenvalue weighted by Gasteiger charge is 2.59. The Balaban J connectivity index is 1.37. The highest BCUT2D eigenvalue weighted by molar-refractivity contribution is 5.69. The van der Waals surface area contributed by atoms with Crippen LogP contribution in [0.4, 0.5) is 0 Å². The van der Waals surface area contributed by atoms with Crippen molar-refractivity contribution < 1.29 is 9.53 Å².